The number of hydrogen-bond donors (Lipinski definition) is 3. The number of rotatable bonds is 9. The van der Waals surface area contributed by atoms with Gasteiger partial charge in [-0.3, -0.25) is 14.6 Å². The number of carbonyl (C=O) groups excluding carboxylic acids is 2. The number of pyridine rings is 2. The number of Topliss-reactive ketones (excluding diaryl/α,β-unsaturated/α-hetero) is 1. The van der Waals surface area contributed by atoms with E-state index >= 15 is 0 Å². The highest BCUT2D eigenvalue weighted by molar-refractivity contribution is 6.01. The van der Waals surface area contributed by atoms with Crippen LogP contribution in [0.2, 0.25) is 0 Å². The number of amides is 1. The van der Waals surface area contributed by atoms with Crippen LogP contribution in [0.5, 0.6) is 0 Å². The number of carbonyl (C=O) groups is 2. The maximum Gasteiger partial charge on any atom is 0.252 e. The Balaban J connectivity index is 1.22. The Morgan fingerprint density at radius 1 is 1.00 bits per heavy atom. The topological polar surface area (TPSA) is 154 Å². The van der Waals surface area contributed by atoms with Gasteiger partial charge in [-0.05, 0) is 87.6 Å². The molecule has 0 aliphatic carbocycles. The highest BCUT2D eigenvalue weighted by Crippen LogP contribution is 2.27. The molecule has 218 valence electrons. The van der Waals surface area contributed by atoms with Gasteiger partial charge in [0, 0.05) is 61.3 Å². The molecule has 0 spiro atoms. The number of benzene rings is 1. The van der Waals surface area contributed by atoms with Crippen LogP contribution >= 0.6 is 0 Å². The van der Waals surface area contributed by atoms with Crippen LogP contribution in [-0.4, -0.2) is 65.8 Å². The molecule has 5 N–H and O–H groups in total. The van der Waals surface area contributed by atoms with Crippen molar-refractivity contribution >= 4 is 28.9 Å². The summed E-state index contributed by atoms with van der Waals surface area (Å²) in [6, 6.07) is 13.4. The molecule has 0 radical (unpaired) electrons. The fraction of sp³-hybridized carbons (Fsp3) is 0.406. The number of piperidine rings is 2. The zero-order chi connectivity index (χ0) is 29.6. The highest BCUT2D eigenvalue weighted by Gasteiger charge is 2.23. The molecular formula is C32H38N8O2. The Labute approximate surface area is 246 Å². The van der Waals surface area contributed by atoms with Crippen LogP contribution in [0.4, 0.5) is 17.2 Å². The van der Waals surface area contributed by atoms with Crippen molar-refractivity contribution in [3.63, 3.8) is 0 Å². The van der Waals surface area contributed by atoms with Gasteiger partial charge >= 0.3 is 0 Å². The average molecular weight is 567 g/mol. The third-order valence-corrected chi connectivity index (χ3v) is 8.40. The summed E-state index contributed by atoms with van der Waals surface area (Å²) in [7, 11) is 2.12. The Kier molecular flexibility index (Phi) is 8.98. The first-order valence-corrected chi connectivity index (χ1v) is 14.6. The van der Waals surface area contributed by atoms with E-state index in [1.807, 2.05) is 30.3 Å². The van der Waals surface area contributed by atoms with Gasteiger partial charge in [-0.2, -0.15) is 5.26 Å². The molecule has 2 aromatic heterocycles. The SMILES string of the molecule is CN1CCC(CC(=O)c2ccc(Cc3cc(NC4CCN(c5ccc(C#N)cn5)CC4)c(C(N)=O)cn3)cc2N)CC1. The fourth-order valence-corrected chi connectivity index (χ4v) is 5.85. The molecule has 4 heterocycles. The summed E-state index contributed by atoms with van der Waals surface area (Å²) >= 11 is 0. The molecule has 2 aliphatic rings. The van der Waals surface area contributed by atoms with E-state index in [0.717, 1.165) is 68.9 Å². The summed E-state index contributed by atoms with van der Waals surface area (Å²) in [5, 5.41) is 12.5. The van der Waals surface area contributed by atoms with Crippen molar-refractivity contribution in [1.82, 2.24) is 14.9 Å². The number of nitriles is 1. The number of ketones is 1. The molecule has 0 atom stereocenters. The first-order chi connectivity index (χ1) is 20.3. The third kappa shape index (κ3) is 7.04. The van der Waals surface area contributed by atoms with E-state index < -0.39 is 5.91 Å². The van der Waals surface area contributed by atoms with Gasteiger partial charge in [0.15, 0.2) is 5.78 Å². The normalized spacial score (nSPS) is 16.6. The van der Waals surface area contributed by atoms with Crippen molar-refractivity contribution in [3.8, 4) is 6.07 Å². The minimum atomic E-state index is -0.535. The summed E-state index contributed by atoms with van der Waals surface area (Å²) in [6.45, 7) is 3.64. The average Bonchev–Trinajstić information content (AvgIpc) is 2.99. The standard InChI is InChI=1S/C32H38N8O2/c1-39-10-6-21(7-11-39)16-30(41)26-4-2-22(15-28(26)34)14-25-17-29(27(20-36-25)32(35)42)38-24-8-12-40(13-9-24)31-5-3-23(18-33)19-37-31/h2-5,15,17,19-21,24H,6-14,16,34H2,1H3,(H2,35,42)(H,36,38). The second-order valence-electron chi connectivity index (χ2n) is 11.5. The van der Waals surface area contributed by atoms with Crippen molar-refractivity contribution in [2.45, 2.75) is 44.6 Å². The summed E-state index contributed by atoms with van der Waals surface area (Å²) in [5.41, 5.74) is 16.4. The van der Waals surface area contributed by atoms with Crippen LogP contribution in [0.1, 0.15) is 69.6 Å². The van der Waals surface area contributed by atoms with E-state index in [1.165, 1.54) is 6.20 Å². The molecule has 2 fully saturated rings. The lowest BCUT2D eigenvalue weighted by molar-refractivity contribution is 0.0936. The first-order valence-electron chi connectivity index (χ1n) is 14.6. The maximum atomic E-state index is 13.0. The van der Waals surface area contributed by atoms with Gasteiger partial charge in [0.25, 0.3) is 5.91 Å². The molecule has 10 heteroatoms. The van der Waals surface area contributed by atoms with Crippen LogP contribution in [0.3, 0.4) is 0 Å². The number of aromatic nitrogens is 2. The Hall–Kier alpha value is -4.49. The lowest BCUT2D eigenvalue weighted by Gasteiger charge is -2.34. The largest absolute Gasteiger partial charge is 0.398 e. The van der Waals surface area contributed by atoms with Crippen LogP contribution in [0.25, 0.3) is 0 Å². The summed E-state index contributed by atoms with van der Waals surface area (Å²) in [6.07, 6.45) is 7.93. The van der Waals surface area contributed by atoms with Crippen LogP contribution < -0.4 is 21.7 Å². The number of primary amides is 1. The third-order valence-electron chi connectivity index (χ3n) is 8.40. The Morgan fingerprint density at radius 3 is 2.40 bits per heavy atom. The quantitative estimate of drug-likeness (QED) is 0.260. The van der Waals surface area contributed by atoms with Crippen molar-refractivity contribution in [3.05, 3.63) is 76.7 Å². The van der Waals surface area contributed by atoms with Gasteiger partial charge in [0.2, 0.25) is 0 Å². The summed E-state index contributed by atoms with van der Waals surface area (Å²) in [4.78, 5) is 38.5. The minimum Gasteiger partial charge on any atom is -0.398 e. The molecule has 0 saturated carbocycles. The molecule has 10 nitrogen and oxygen atoms in total. The lowest BCUT2D eigenvalue weighted by atomic mass is 9.89. The Bertz CT molecular complexity index is 1470. The van der Waals surface area contributed by atoms with Crippen LogP contribution in [0.15, 0.2) is 48.8 Å². The molecule has 0 bridgehead atoms. The summed E-state index contributed by atoms with van der Waals surface area (Å²) in [5.74, 6) is 0.828. The number of hydrogen-bond acceptors (Lipinski definition) is 9. The second-order valence-corrected chi connectivity index (χ2v) is 11.5. The molecule has 42 heavy (non-hydrogen) atoms. The fourth-order valence-electron chi connectivity index (χ4n) is 5.85. The molecule has 2 aliphatic heterocycles. The predicted molar refractivity (Wildman–Crippen MR) is 163 cm³/mol. The number of anilines is 3. The van der Waals surface area contributed by atoms with E-state index in [1.54, 1.807) is 12.3 Å². The molecular weight excluding hydrogens is 528 g/mol. The molecule has 1 aromatic carbocycles. The number of likely N-dealkylation sites (tertiary alicyclic amines) is 1. The molecule has 3 aromatic rings. The summed E-state index contributed by atoms with van der Waals surface area (Å²) < 4.78 is 0. The van der Waals surface area contributed by atoms with E-state index in [4.69, 9.17) is 16.7 Å². The molecule has 5 rings (SSSR count). The van der Waals surface area contributed by atoms with Gasteiger partial charge in [-0.25, -0.2) is 4.98 Å². The van der Waals surface area contributed by atoms with E-state index in [9.17, 15) is 9.59 Å². The number of nitrogen functional groups attached to an aromatic ring is 1. The van der Waals surface area contributed by atoms with Gasteiger partial charge in [-0.1, -0.05) is 6.07 Å². The zero-order valence-electron chi connectivity index (χ0n) is 24.1. The van der Waals surface area contributed by atoms with Gasteiger partial charge in [-0.15, -0.1) is 0 Å². The first kappa shape index (κ1) is 29.0. The van der Waals surface area contributed by atoms with E-state index in [-0.39, 0.29) is 11.8 Å². The zero-order valence-corrected chi connectivity index (χ0v) is 24.1. The second kappa shape index (κ2) is 13.0. The predicted octanol–water partition coefficient (Wildman–Crippen LogP) is 3.62. The van der Waals surface area contributed by atoms with Crippen LogP contribution in [0, 0.1) is 17.2 Å². The molecule has 1 amide bonds. The van der Waals surface area contributed by atoms with Gasteiger partial charge < -0.3 is 26.6 Å². The monoisotopic (exact) mass is 566 g/mol. The van der Waals surface area contributed by atoms with Crippen molar-refractivity contribution in [1.29, 1.82) is 5.26 Å². The number of nitrogens with zero attached hydrogens (tertiary/aromatic N) is 5. The lowest BCUT2D eigenvalue weighted by Crippen LogP contribution is -2.39. The van der Waals surface area contributed by atoms with Crippen LogP contribution in [-0.2, 0) is 6.42 Å². The van der Waals surface area contributed by atoms with Crippen molar-refractivity contribution in [2.24, 2.45) is 11.7 Å². The molecule has 2 saturated heterocycles. The van der Waals surface area contributed by atoms with Crippen molar-refractivity contribution in [2.75, 3.05) is 49.2 Å². The number of nitrogens with one attached hydrogen (secondary N) is 1. The van der Waals surface area contributed by atoms with E-state index in [0.29, 0.717) is 46.8 Å². The Morgan fingerprint density at radius 2 is 1.76 bits per heavy atom. The van der Waals surface area contributed by atoms with Crippen molar-refractivity contribution < 1.29 is 9.59 Å². The molecule has 0 unspecified atom stereocenters. The van der Waals surface area contributed by atoms with Gasteiger partial charge in [0.1, 0.15) is 11.9 Å². The maximum absolute atomic E-state index is 13.0. The highest BCUT2D eigenvalue weighted by atomic mass is 16.1. The van der Waals surface area contributed by atoms with Gasteiger partial charge in [0.05, 0.1) is 16.8 Å². The minimum absolute atomic E-state index is 0.102. The van der Waals surface area contributed by atoms with E-state index in [2.05, 4.69) is 38.2 Å². The number of nitrogens with two attached hydrogens (primary N) is 2. The smallest absolute Gasteiger partial charge is 0.252 e.